The van der Waals surface area contributed by atoms with E-state index in [1.54, 1.807) is 0 Å². The summed E-state index contributed by atoms with van der Waals surface area (Å²) in [7, 11) is 0. The molecule has 0 spiro atoms. The molecule has 0 N–H and O–H groups in total. The summed E-state index contributed by atoms with van der Waals surface area (Å²) in [5, 5.41) is 0. The van der Waals surface area contributed by atoms with Crippen molar-refractivity contribution in [2.75, 3.05) is 6.61 Å². The number of hydrogen-bond acceptors (Lipinski definition) is 1. The van der Waals surface area contributed by atoms with Crippen LogP contribution in [-0.4, -0.2) is 12.7 Å². The molecule has 0 amide bonds. The minimum atomic E-state index is 0.511. The van der Waals surface area contributed by atoms with Crippen LogP contribution in [-0.2, 0) is 4.74 Å². The lowest BCUT2D eigenvalue weighted by Gasteiger charge is -2.26. The normalized spacial score (nSPS) is 31.7. The third-order valence-electron chi connectivity index (χ3n) is 2.34. The second-order valence-electron chi connectivity index (χ2n) is 3.52. The van der Waals surface area contributed by atoms with Crippen molar-refractivity contribution in [3.8, 4) is 0 Å². The Hall–Kier alpha value is -0.300. The van der Waals surface area contributed by atoms with Crippen LogP contribution in [0.25, 0.3) is 0 Å². The largest absolute Gasteiger partial charge is 0.374 e. The van der Waals surface area contributed by atoms with Crippen molar-refractivity contribution in [2.45, 2.75) is 38.7 Å². The molecule has 0 aromatic rings. The summed E-state index contributed by atoms with van der Waals surface area (Å²) in [5.41, 5.74) is 0. The molecule has 1 saturated carbocycles. The smallest absolute Gasteiger partial charge is 0.0648 e. The van der Waals surface area contributed by atoms with Crippen LogP contribution < -0.4 is 0 Å². The number of hydrogen-bond donors (Lipinski definition) is 0. The fourth-order valence-corrected chi connectivity index (χ4v) is 1.73. The van der Waals surface area contributed by atoms with Crippen molar-refractivity contribution < 1.29 is 4.74 Å². The summed E-state index contributed by atoms with van der Waals surface area (Å²) in [6.07, 6.45) is 7.55. The molecule has 0 aromatic carbocycles. The minimum Gasteiger partial charge on any atom is -0.374 e. The van der Waals surface area contributed by atoms with Crippen LogP contribution in [0.1, 0.15) is 32.6 Å². The second kappa shape index (κ2) is 4.55. The van der Waals surface area contributed by atoms with Gasteiger partial charge in [0, 0.05) is 0 Å². The topological polar surface area (TPSA) is 9.23 Å². The van der Waals surface area contributed by atoms with E-state index in [1.165, 1.54) is 25.7 Å². The molecule has 0 heterocycles. The molecular weight excluding hydrogens is 136 g/mol. The van der Waals surface area contributed by atoms with E-state index < -0.39 is 0 Å². The first-order chi connectivity index (χ1) is 5.33. The molecule has 1 aliphatic carbocycles. The molecule has 64 valence electrons. The van der Waals surface area contributed by atoms with Crippen molar-refractivity contribution in [1.82, 2.24) is 0 Å². The van der Waals surface area contributed by atoms with E-state index in [0.717, 1.165) is 12.5 Å². The molecule has 0 aliphatic heterocycles. The molecule has 11 heavy (non-hydrogen) atoms. The zero-order valence-electron chi connectivity index (χ0n) is 7.38. The van der Waals surface area contributed by atoms with Crippen LogP contribution in [0.3, 0.4) is 0 Å². The molecule has 1 aliphatic rings. The van der Waals surface area contributed by atoms with E-state index in [2.05, 4.69) is 13.5 Å². The Bertz CT molecular complexity index is 120. The van der Waals surface area contributed by atoms with Gasteiger partial charge in [0.15, 0.2) is 0 Å². The maximum absolute atomic E-state index is 5.58. The van der Waals surface area contributed by atoms with Gasteiger partial charge in [-0.15, -0.1) is 6.58 Å². The van der Waals surface area contributed by atoms with E-state index >= 15 is 0 Å². The van der Waals surface area contributed by atoms with Crippen LogP contribution in [0.15, 0.2) is 12.7 Å². The molecule has 0 bridgehead atoms. The molecular formula is C10H18O. The third-order valence-corrected chi connectivity index (χ3v) is 2.34. The Kier molecular flexibility index (Phi) is 3.64. The number of rotatable bonds is 3. The molecule has 0 unspecified atom stereocenters. The SMILES string of the molecule is C=CCO[C@H]1CCC[C@@H](C)C1. The Morgan fingerprint density at radius 3 is 3.00 bits per heavy atom. The highest BCUT2D eigenvalue weighted by atomic mass is 16.5. The lowest BCUT2D eigenvalue weighted by atomic mass is 9.89. The first-order valence-corrected chi connectivity index (χ1v) is 4.55. The van der Waals surface area contributed by atoms with Crippen molar-refractivity contribution >= 4 is 0 Å². The zero-order chi connectivity index (χ0) is 8.10. The molecule has 2 atom stereocenters. The summed E-state index contributed by atoms with van der Waals surface area (Å²) in [6.45, 7) is 6.67. The average Bonchev–Trinajstić information content (AvgIpc) is 2.01. The lowest BCUT2D eigenvalue weighted by Crippen LogP contribution is -2.21. The van der Waals surface area contributed by atoms with Gasteiger partial charge in [-0.05, 0) is 18.8 Å². The van der Waals surface area contributed by atoms with Gasteiger partial charge in [-0.25, -0.2) is 0 Å². The van der Waals surface area contributed by atoms with Gasteiger partial charge >= 0.3 is 0 Å². The van der Waals surface area contributed by atoms with E-state index in [9.17, 15) is 0 Å². The number of ether oxygens (including phenoxy) is 1. The first kappa shape index (κ1) is 8.79. The van der Waals surface area contributed by atoms with Gasteiger partial charge in [0.1, 0.15) is 0 Å². The maximum Gasteiger partial charge on any atom is 0.0648 e. The van der Waals surface area contributed by atoms with Crippen molar-refractivity contribution in [3.05, 3.63) is 12.7 Å². The predicted molar refractivity (Wildman–Crippen MR) is 47.6 cm³/mol. The van der Waals surface area contributed by atoms with Gasteiger partial charge in [-0.2, -0.15) is 0 Å². The van der Waals surface area contributed by atoms with Crippen molar-refractivity contribution in [2.24, 2.45) is 5.92 Å². The van der Waals surface area contributed by atoms with Gasteiger partial charge in [-0.1, -0.05) is 25.8 Å². The van der Waals surface area contributed by atoms with Crippen LogP contribution in [0.5, 0.6) is 0 Å². The predicted octanol–water partition coefficient (Wildman–Crippen LogP) is 2.77. The van der Waals surface area contributed by atoms with Crippen LogP contribution in [0.2, 0.25) is 0 Å². The molecule has 0 saturated heterocycles. The zero-order valence-corrected chi connectivity index (χ0v) is 7.38. The molecule has 1 heteroatoms. The summed E-state index contributed by atoms with van der Waals surface area (Å²) < 4.78 is 5.58. The van der Waals surface area contributed by atoms with E-state index in [0.29, 0.717) is 6.10 Å². The highest BCUT2D eigenvalue weighted by molar-refractivity contribution is 4.73. The van der Waals surface area contributed by atoms with Crippen molar-refractivity contribution in [3.63, 3.8) is 0 Å². The van der Waals surface area contributed by atoms with Gasteiger partial charge < -0.3 is 4.74 Å². The Balaban J connectivity index is 2.17. The molecule has 0 aromatic heterocycles. The van der Waals surface area contributed by atoms with Crippen LogP contribution in [0.4, 0.5) is 0 Å². The summed E-state index contributed by atoms with van der Waals surface area (Å²) in [6, 6.07) is 0. The van der Waals surface area contributed by atoms with E-state index in [4.69, 9.17) is 4.74 Å². The van der Waals surface area contributed by atoms with Gasteiger partial charge in [0.2, 0.25) is 0 Å². The minimum absolute atomic E-state index is 0.511. The van der Waals surface area contributed by atoms with E-state index in [-0.39, 0.29) is 0 Å². The average molecular weight is 154 g/mol. The molecule has 1 nitrogen and oxygen atoms in total. The fourth-order valence-electron chi connectivity index (χ4n) is 1.73. The standard InChI is InChI=1S/C10H18O/c1-3-7-11-10-6-4-5-9(2)8-10/h3,9-10H,1,4-8H2,2H3/t9-,10+/m1/s1. The second-order valence-corrected chi connectivity index (χ2v) is 3.52. The Morgan fingerprint density at radius 2 is 2.36 bits per heavy atom. The van der Waals surface area contributed by atoms with Gasteiger partial charge in [0.05, 0.1) is 12.7 Å². The van der Waals surface area contributed by atoms with Crippen LogP contribution in [0, 0.1) is 5.92 Å². The fraction of sp³-hybridized carbons (Fsp3) is 0.800. The molecule has 0 radical (unpaired) electrons. The molecule has 1 fully saturated rings. The summed E-state index contributed by atoms with van der Waals surface area (Å²) >= 11 is 0. The highest BCUT2D eigenvalue weighted by Gasteiger charge is 2.18. The Morgan fingerprint density at radius 1 is 1.55 bits per heavy atom. The first-order valence-electron chi connectivity index (χ1n) is 4.55. The van der Waals surface area contributed by atoms with Gasteiger partial charge in [-0.3, -0.25) is 0 Å². The quantitative estimate of drug-likeness (QED) is 0.568. The van der Waals surface area contributed by atoms with E-state index in [1.807, 2.05) is 6.08 Å². The monoisotopic (exact) mass is 154 g/mol. The Labute approximate surface area is 69.4 Å². The third kappa shape index (κ3) is 3.06. The lowest BCUT2D eigenvalue weighted by molar-refractivity contribution is 0.0322. The molecule has 1 rings (SSSR count). The summed E-state index contributed by atoms with van der Waals surface area (Å²) in [5.74, 6) is 0.860. The highest BCUT2D eigenvalue weighted by Crippen LogP contribution is 2.25. The van der Waals surface area contributed by atoms with Crippen molar-refractivity contribution in [1.29, 1.82) is 0 Å². The van der Waals surface area contributed by atoms with Gasteiger partial charge in [0.25, 0.3) is 0 Å². The van der Waals surface area contributed by atoms with Crippen LogP contribution >= 0.6 is 0 Å². The maximum atomic E-state index is 5.58. The summed E-state index contributed by atoms with van der Waals surface area (Å²) in [4.78, 5) is 0.